The molecule has 24 heavy (non-hydrogen) atoms. The standard InChI is InChI=1S/C17H16ClN3OS2/c1-3-24-16-7-4-11(18)8-15(16)20-21-10-19-14-6-5-12(23-2)9-13(14)17(21)22/h4-10,20H,3H2,1-2H3. The Morgan fingerprint density at radius 3 is 2.83 bits per heavy atom. The Morgan fingerprint density at radius 2 is 2.08 bits per heavy atom. The number of fused-ring (bicyclic) bond motifs is 1. The van der Waals surface area contributed by atoms with Gasteiger partial charge in [-0.25, -0.2) is 9.66 Å². The number of hydrogen-bond donors (Lipinski definition) is 1. The zero-order chi connectivity index (χ0) is 17.1. The second kappa shape index (κ2) is 7.51. The quantitative estimate of drug-likeness (QED) is 0.649. The maximum atomic E-state index is 12.8. The van der Waals surface area contributed by atoms with Crippen molar-refractivity contribution in [3.8, 4) is 0 Å². The van der Waals surface area contributed by atoms with Crippen LogP contribution in [-0.4, -0.2) is 21.7 Å². The fourth-order valence-corrected chi connectivity index (χ4v) is 3.66. The van der Waals surface area contributed by atoms with Crippen LogP contribution in [0.15, 0.2) is 57.3 Å². The molecule has 0 atom stereocenters. The lowest BCUT2D eigenvalue weighted by molar-refractivity contribution is 0.874. The van der Waals surface area contributed by atoms with Crippen molar-refractivity contribution in [3.63, 3.8) is 0 Å². The number of halogens is 1. The highest BCUT2D eigenvalue weighted by Gasteiger charge is 2.08. The van der Waals surface area contributed by atoms with E-state index in [4.69, 9.17) is 11.6 Å². The molecule has 0 spiro atoms. The maximum Gasteiger partial charge on any atom is 0.280 e. The summed E-state index contributed by atoms with van der Waals surface area (Å²) in [6.45, 7) is 2.08. The Hall–Kier alpha value is -1.63. The monoisotopic (exact) mass is 377 g/mol. The third-order valence-corrected chi connectivity index (χ3v) is 5.36. The molecule has 1 aromatic heterocycles. The van der Waals surface area contributed by atoms with Crippen LogP contribution >= 0.6 is 35.1 Å². The molecule has 7 heteroatoms. The third-order valence-electron chi connectivity index (χ3n) is 3.45. The summed E-state index contributed by atoms with van der Waals surface area (Å²) in [7, 11) is 0. The number of rotatable bonds is 5. The van der Waals surface area contributed by atoms with Crippen molar-refractivity contribution in [2.45, 2.75) is 16.7 Å². The number of hydrogen-bond acceptors (Lipinski definition) is 5. The molecular weight excluding hydrogens is 362 g/mol. The third kappa shape index (κ3) is 3.55. The number of aromatic nitrogens is 2. The molecule has 0 aliphatic rings. The van der Waals surface area contributed by atoms with Crippen LogP contribution < -0.4 is 11.0 Å². The van der Waals surface area contributed by atoms with Gasteiger partial charge in [0.25, 0.3) is 5.56 Å². The number of nitrogens with zero attached hydrogens (tertiary/aromatic N) is 2. The first-order valence-corrected chi connectivity index (χ1v) is 9.96. The molecule has 0 saturated heterocycles. The van der Waals surface area contributed by atoms with Gasteiger partial charge in [-0.3, -0.25) is 10.2 Å². The lowest BCUT2D eigenvalue weighted by Gasteiger charge is -2.14. The van der Waals surface area contributed by atoms with E-state index in [0.717, 1.165) is 21.2 Å². The summed E-state index contributed by atoms with van der Waals surface area (Å²) in [6.07, 6.45) is 3.49. The predicted molar refractivity (Wildman–Crippen MR) is 105 cm³/mol. The van der Waals surface area contributed by atoms with Crippen LogP contribution in [0.25, 0.3) is 10.9 Å². The smallest absolute Gasteiger partial charge is 0.280 e. The van der Waals surface area contributed by atoms with Crippen LogP contribution in [-0.2, 0) is 0 Å². The topological polar surface area (TPSA) is 46.9 Å². The summed E-state index contributed by atoms with van der Waals surface area (Å²) in [5.74, 6) is 0.929. The molecule has 3 aromatic rings. The van der Waals surface area contributed by atoms with Gasteiger partial charge in [0.05, 0.1) is 16.6 Å². The van der Waals surface area contributed by atoms with Crippen LogP contribution in [0.4, 0.5) is 5.69 Å². The maximum absolute atomic E-state index is 12.8. The van der Waals surface area contributed by atoms with Crippen molar-refractivity contribution < 1.29 is 0 Å². The van der Waals surface area contributed by atoms with E-state index in [2.05, 4.69) is 17.3 Å². The van der Waals surface area contributed by atoms with E-state index in [9.17, 15) is 4.79 Å². The summed E-state index contributed by atoms with van der Waals surface area (Å²) in [4.78, 5) is 19.2. The van der Waals surface area contributed by atoms with Gasteiger partial charge in [0.15, 0.2) is 0 Å². The molecular formula is C17H16ClN3OS2. The van der Waals surface area contributed by atoms with Gasteiger partial charge in [-0.05, 0) is 48.4 Å². The molecule has 3 rings (SSSR count). The molecule has 1 N–H and O–H groups in total. The zero-order valence-electron chi connectivity index (χ0n) is 13.2. The summed E-state index contributed by atoms with van der Waals surface area (Å²) >= 11 is 9.38. The van der Waals surface area contributed by atoms with Crippen molar-refractivity contribution in [2.24, 2.45) is 0 Å². The van der Waals surface area contributed by atoms with E-state index in [1.807, 2.05) is 42.7 Å². The highest BCUT2D eigenvalue weighted by atomic mass is 35.5. The molecule has 0 aliphatic carbocycles. The largest absolute Gasteiger partial charge is 0.289 e. The molecule has 1 heterocycles. The second-order valence-corrected chi connectivity index (χ2v) is 7.61. The van der Waals surface area contributed by atoms with Gasteiger partial charge in [0.1, 0.15) is 6.33 Å². The van der Waals surface area contributed by atoms with Crippen LogP contribution in [0.1, 0.15) is 6.92 Å². The first-order valence-electron chi connectivity index (χ1n) is 7.37. The van der Waals surface area contributed by atoms with E-state index in [1.54, 1.807) is 23.5 Å². The number of benzene rings is 2. The summed E-state index contributed by atoms with van der Waals surface area (Å²) in [5.41, 5.74) is 4.47. The SMILES string of the molecule is CCSc1ccc(Cl)cc1Nn1cnc2ccc(SC)cc2c1=O. The Labute approximate surface area is 153 Å². The van der Waals surface area contributed by atoms with E-state index < -0.39 is 0 Å². The zero-order valence-corrected chi connectivity index (χ0v) is 15.6. The Bertz CT molecular complexity index is 943. The molecule has 0 bridgehead atoms. The average Bonchev–Trinajstić information content (AvgIpc) is 2.59. The molecule has 4 nitrogen and oxygen atoms in total. The molecule has 0 aliphatic heterocycles. The summed E-state index contributed by atoms with van der Waals surface area (Å²) in [6, 6.07) is 11.3. The molecule has 0 unspecified atom stereocenters. The van der Waals surface area contributed by atoms with Gasteiger partial charge in [-0.15, -0.1) is 23.5 Å². The Morgan fingerprint density at radius 1 is 1.25 bits per heavy atom. The van der Waals surface area contributed by atoms with Gasteiger partial charge in [0, 0.05) is 14.8 Å². The normalized spacial score (nSPS) is 11.0. The lowest BCUT2D eigenvalue weighted by Crippen LogP contribution is -2.26. The van der Waals surface area contributed by atoms with Crippen molar-refractivity contribution >= 4 is 51.7 Å². The summed E-state index contributed by atoms with van der Waals surface area (Å²) in [5, 5.41) is 1.20. The molecule has 124 valence electrons. The van der Waals surface area contributed by atoms with E-state index in [0.29, 0.717) is 15.9 Å². The molecule has 0 fully saturated rings. The summed E-state index contributed by atoms with van der Waals surface area (Å²) < 4.78 is 1.40. The van der Waals surface area contributed by atoms with E-state index in [1.165, 1.54) is 11.0 Å². The highest BCUT2D eigenvalue weighted by molar-refractivity contribution is 7.99. The molecule has 2 aromatic carbocycles. The molecule has 0 amide bonds. The van der Waals surface area contributed by atoms with Gasteiger partial charge in [-0.1, -0.05) is 18.5 Å². The average molecular weight is 378 g/mol. The van der Waals surface area contributed by atoms with Crippen LogP contribution in [0.5, 0.6) is 0 Å². The number of anilines is 1. The first-order chi connectivity index (χ1) is 11.6. The predicted octanol–water partition coefficient (Wildman–Crippen LogP) is 4.76. The van der Waals surface area contributed by atoms with Crippen molar-refractivity contribution in [1.82, 2.24) is 9.66 Å². The van der Waals surface area contributed by atoms with Crippen LogP contribution in [0.2, 0.25) is 5.02 Å². The van der Waals surface area contributed by atoms with Crippen molar-refractivity contribution in [3.05, 3.63) is 58.1 Å². The van der Waals surface area contributed by atoms with Gasteiger partial charge >= 0.3 is 0 Å². The van der Waals surface area contributed by atoms with Gasteiger partial charge in [0.2, 0.25) is 0 Å². The van der Waals surface area contributed by atoms with Crippen molar-refractivity contribution in [1.29, 1.82) is 0 Å². The lowest BCUT2D eigenvalue weighted by atomic mass is 10.2. The minimum Gasteiger partial charge on any atom is -0.289 e. The highest BCUT2D eigenvalue weighted by Crippen LogP contribution is 2.29. The van der Waals surface area contributed by atoms with Gasteiger partial charge in [-0.2, -0.15) is 0 Å². The second-order valence-electron chi connectivity index (χ2n) is 4.99. The molecule has 0 radical (unpaired) electrons. The minimum absolute atomic E-state index is 0.136. The molecule has 0 saturated carbocycles. The van der Waals surface area contributed by atoms with Gasteiger partial charge < -0.3 is 0 Å². The van der Waals surface area contributed by atoms with Crippen LogP contribution in [0.3, 0.4) is 0 Å². The van der Waals surface area contributed by atoms with Crippen LogP contribution in [0, 0.1) is 0 Å². The van der Waals surface area contributed by atoms with Crippen molar-refractivity contribution in [2.75, 3.05) is 17.4 Å². The fourth-order valence-electron chi connectivity index (χ4n) is 2.31. The first kappa shape index (κ1) is 17.2. The van der Waals surface area contributed by atoms with E-state index >= 15 is 0 Å². The number of thioether (sulfide) groups is 2. The minimum atomic E-state index is -0.136. The Balaban J connectivity index is 2.06. The Kier molecular flexibility index (Phi) is 5.38. The number of nitrogens with one attached hydrogen (secondary N) is 1. The fraction of sp³-hybridized carbons (Fsp3) is 0.176. The van der Waals surface area contributed by atoms with E-state index in [-0.39, 0.29) is 5.56 Å².